The standard InChI is InChI=1S/C24H24N2O3/c25-22(15-18-7-3-1-4-8-18)24(28)26-21-13-11-19(12-14-21)16-23(27)29-17-20-9-5-2-6-10-20/h1-14,22H,15-17,25H2,(H,26,28)/t22-/m0/s1. The molecule has 3 aromatic carbocycles. The van der Waals surface area contributed by atoms with Crippen LogP contribution in [-0.2, 0) is 33.8 Å². The molecule has 0 aliphatic carbocycles. The van der Waals surface area contributed by atoms with Gasteiger partial charge in [0.2, 0.25) is 5.91 Å². The van der Waals surface area contributed by atoms with E-state index in [1.165, 1.54) is 0 Å². The maximum absolute atomic E-state index is 12.3. The second kappa shape index (κ2) is 10.2. The first kappa shape index (κ1) is 20.3. The van der Waals surface area contributed by atoms with Gasteiger partial charge < -0.3 is 15.8 Å². The highest BCUT2D eigenvalue weighted by Crippen LogP contribution is 2.12. The molecule has 0 aliphatic rings. The highest BCUT2D eigenvalue weighted by molar-refractivity contribution is 5.94. The first-order chi connectivity index (χ1) is 14.1. The third-order valence-electron chi connectivity index (χ3n) is 4.45. The highest BCUT2D eigenvalue weighted by atomic mass is 16.5. The Morgan fingerprint density at radius 3 is 2.00 bits per heavy atom. The van der Waals surface area contributed by atoms with Crippen LogP contribution in [0.3, 0.4) is 0 Å². The molecule has 1 atom stereocenters. The zero-order valence-corrected chi connectivity index (χ0v) is 16.1. The van der Waals surface area contributed by atoms with Crippen LogP contribution >= 0.6 is 0 Å². The molecule has 148 valence electrons. The van der Waals surface area contributed by atoms with Crippen LogP contribution < -0.4 is 11.1 Å². The van der Waals surface area contributed by atoms with Crippen LogP contribution in [0, 0.1) is 0 Å². The van der Waals surface area contributed by atoms with Crippen molar-refractivity contribution in [3.63, 3.8) is 0 Å². The number of anilines is 1. The summed E-state index contributed by atoms with van der Waals surface area (Å²) in [6, 6.07) is 25.7. The molecule has 5 heteroatoms. The Bertz CT molecular complexity index is 925. The van der Waals surface area contributed by atoms with E-state index in [0.29, 0.717) is 12.1 Å². The molecule has 0 radical (unpaired) electrons. The summed E-state index contributed by atoms with van der Waals surface area (Å²) in [5, 5.41) is 2.81. The molecular formula is C24H24N2O3. The Kier molecular flexibility index (Phi) is 7.14. The Balaban J connectivity index is 1.46. The van der Waals surface area contributed by atoms with Crippen molar-refractivity contribution in [2.75, 3.05) is 5.32 Å². The average molecular weight is 388 g/mol. The molecule has 3 aromatic rings. The molecule has 0 spiro atoms. The molecule has 0 bridgehead atoms. The number of hydrogen-bond donors (Lipinski definition) is 2. The number of nitrogens with one attached hydrogen (secondary N) is 1. The minimum Gasteiger partial charge on any atom is -0.461 e. The number of esters is 1. The fourth-order valence-corrected chi connectivity index (χ4v) is 2.86. The molecular weight excluding hydrogens is 364 g/mol. The van der Waals surface area contributed by atoms with Crippen molar-refractivity contribution >= 4 is 17.6 Å². The molecule has 3 N–H and O–H groups in total. The molecule has 0 aliphatic heterocycles. The van der Waals surface area contributed by atoms with Crippen molar-refractivity contribution in [1.82, 2.24) is 0 Å². The Morgan fingerprint density at radius 1 is 0.793 bits per heavy atom. The van der Waals surface area contributed by atoms with Crippen LogP contribution in [0.5, 0.6) is 0 Å². The van der Waals surface area contributed by atoms with E-state index in [-0.39, 0.29) is 24.9 Å². The summed E-state index contributed by atoms with van der Waals surface area (Å²) in [5.74, 6) is -0.542. The van der Waals surface area contributed by atoms with Gasteiger partial charge in [0.05, 0.1) is 12.5 Å². The molecule has 0 saturated carbocycles. The molecule has 3 rings (SSSR count). The summed E-state index contributed by atoms with van der Waals surface area (Å²) in [4.78, 5) is 24.3. The number of rotatable bonds is 8. The predicted molar refractivity (Wildman–Crippen MR) is 113 cm³/mol. The average Bonchev–Trinajstić information content (AvgIpc) is 2.75. The van der Waals surface area contributed by atoms with E-state index >= 15 is 0 Å². The molecule has 0 saturated heterocycles. The minimum absolute atomic E-state index is 0.175. The third kappa shape index (κ3) is 6.59. The number of benzene rings is 3. The van der Waals surface area contributed by atoms with Crippen LogP contribution in [0.4, 0.5) is 5.69 Å². The summed E-state index contributed by atoms with van der Waals surface area (Å²) >= 11 is 0. The molecule has 29 heavy (non-hydrogen) atoms. The molecule has 1 amide bonds. The van der Waals surface area contributed by atoms with Gasteiger partial charge >= 0.3 is 5.97 Å². The quantitative estimate of drug-likeness (QED) is 0.579. The first-order valence-electron chi connectivity index (χ1n) is 9.49. The number of amides is 1. The second-order valence-electron chi connectivity index (χ2n) is 6.81. The molecule has 5 nitrogen and oxygen atoms in total. The van der Waals surface area contributed by atoms with Crippen molar-refractivity contribution < 1.29 is 14.3 Å². The van der Waals surface area contributed by atoms with Gasteiger partial charge in [-0.05, 0) is 35.2 Å². The fraction of sp³-hybridized carbons (Fsp3) is 0.167. The topological polar surface area (TPSA) is 81.4 Å². The lowest BCUT2D eigenvalue weighted by Crippen LogP contribution is -2.37. The largest absolute Gasteiger partial charge is 0.461 e. The lowest BCUT2D eigenvalue weighted by Gasteiger charge is -2.13. The van der Waals surface area contributed by atoms with Crippen molar-refractivity contribution in [2.45, 2.75) is 25.5 Å². The summed E-state index contributed by atoms with van der Waals surface area (Å²) in [5.41, 5.74) is 9.42. The number of carbonyl (C=O) groups excluding carboxylic acids is 2. The molecule has 0 heterocycles. The third-order valence-corrected chi connectivity index (χ3v) is 4.45. The Labute approximate surface area is 170 Å². The van der Waals surface area contributed by atoms with Crippen LogP contribution in [-0.4, -0.2) is 17.9 Å². The van der Waals surface area contributed by atoms with Gasteiger partial charge in [-0.2, -0.15) is 0 Å². The SMILES string of the molecule is N[C@@H](Cc1ccccc1)C(=O)Nc1ccc(CC(=O)OCc2ccccc2)cc1. The van der Waals surface area contributed by atoms with E-state index in [1.54, 1.807) is 24.3 Å². The van der Waals surface area contributed by atoms with Gasteiger partial charge in [0.1, 0.15) is 6.61 Å². The minimum atomic E-state index is -0.634. The maximum Gasteiger partial charge on any atom is 0.310 e. The van der Waals surface area contributed by atoms with Gasteiger partial charge in [-0.1, -0.05) is 72.8 Å². The van der Waals surface area contributed by atoms with Crippen molar-refractivity contribution in [3.05, 3.63) is 102 Å². The van der Waals surface area contributed by atoms with E-state index in [1.807, 2.05) is 60.7 Å². The van der Waals surface area contributed by atoms with Gasteiger partial charge in [-0.3, -0.25) is 9.59 Å². The van der Waals surface area contributed by atoms with E-state index in [4.69, 9.17) is 10.5 Å². The number of ether oxygens (including phenoxy) is 1. The van der Waals surface area contributed by atoms with Crippen molar-refractivity contribution in [2.24, 2.45) is 5.73 Å². The zero-order chi connectivity index (χ0) is 20.5. The highest BCUT2D eigenvalue weighted by Gasteiger charge is 2.14. The predicted octanol–water partition coefficient (Wildman–Crippen LogP) is 3.48. The van der Waals surface area contributed by atoms with E-state index in [0.717, 1.165) is 16.7 Å². The van der Waals surface area contributed by atoms with Gasteiger partial charge in [0.15, 0.2) is 0 Å². The second-order valence-corrected chi connectivity index (χ2v) is 6.81. The first-order valence-corrected chi connectivity index (χ1v) is 9.49. The summed E-state index contributed by atoms with van der Waals surface area (Å²) < 4.78 is 5.29. The normalized spacial score (nSPS) is 11.5. The van der Waals surface area contributed by atoms with Gasteiger partial charge in [0, 0.05) is 5.69 Å². The number of nitrogens with two attached hydrogens (primary N) is 1. The van der Waals surface area contributed by atoms with Crippen LogP contribution in [0.15, 0.2) is 84.9 Å². The number of hydrogen-bond acceptors (Lipinski definition) is 4. The lowest BCUT2D eigenvalue weighted by atomic mass is 10.1. The number of carbonyl (C=O) groups is 2. The Morgan fingerprint density at radius 2 is 1.38 bits per heavy atom. The van der Waals surface area contributed by atoms with Crippen LogP contribution in [0.1, 0.15) is 16.7 Å². The summed E-state index contributed by atoms with van der Waals surface area (Å²) in [6.07, 6.45) is 0.645. The van der Waals surface area contributed by atoms with Crippen LogP contribution in [0.2, 0.25) is 0 Å². The van der Waals surface area contributed by atoms with E-state index < -0.39 is 6.04 Å². The van der Waals surface area contributed by atoms with Gasteiger partial charge in [0.25, 0.3) is 0 Å². The monoisotopic (exact) mass is 388 g/mol. The van der Waals surface area contributed by atoms with Crippen LogP contribution in [0.25, 0.3) is 0 Å². The summed E-state index contributed by atoms with van der Waals surface area (Å²) in [6.45, 7) is 0.257. The molecule has 0 unspecified atom stereocenters. The maximum atomic E-state index is 12.3. The van der Waals surface area contributed by atoms with Gasteiger partial charge in [-0.15, -0.1) is 0 Å². The smallest absolute Gasteiger partial charge is 0.310 e. The Hall–Kier alpha value is -3.44. The summed E-state index contributed by atoms with van der Waals surface area (Å²) in [7, 11) is 0. The molecule has 0 aromatic heterocycles. The van der Waals surface area contributed by atoms with Gasteiger partial charge in [-0.25, -0.2) is 0 Å². The lowest BCUT2D eigenvalue weighted by molar-refractivity contribution is -0.144. The van der Waals surface area contributed by atoms with Crippen molar-refractivity contribution in [1.29, 1.82) is 0 Å². The zero-order valence-electron chi connectivity index (χ0n) is 16.1. The fourth-order valence-electron chi connectivity index (χ4n) is 2.86. The van der Waals surface area contributed by atoms with E-state index in [2.05, 4.69) is 5.32 Å². The molecule has 0 fully saturated rings. The van der Waals surface area contributed by atoms with Crippen molar-refractivity contribution in [3.8, 4) is 0 Å². The van der Waals surface area contributed by atoms with E-state index in [9.17, 15) is 9.59 Å².